The van der Waals surface area contributed by atoms with E-state index in [9.17, 15) is 18.3 Å². The molecule has 1 aromatic heterocycles. The van der Waals surface area contributed by atoms with Gasteiger partial charge in [-0.25, -0.2) is 4.98 Å². The van der Waals surface area contributed by atoms with Crippen LogP contribution in [0.3, 0.4) is 0 Å². The van der Waals surface area contributed by atoms with Crippen molar-refractivity contribution < 1.29 is 18.3 Å². The Morgan fingerprint density at radius 1 is 1.09 bits per heavy atom. The molecule has 0 fully saturated rings. The van der Waals surface area contributed by atoms with E-state index in [1.807, 2.05) is 0 Å². The highest BCUT2D eigenvalue weighted by Crippen LogP contribution is 2.31. The first-order valence-electron chi connectivity index (χ1n) is 6.19. The molecular formula is C14H11Cl2F3N2O. The van der Waals surface area contributed by atoms with Gasteiger partial charge in [-0.15, -0.1) is 0 Å². The molecule has 3 nitrogen and oxygen atoms in total. The molecule has 1 atom stereocenters. The third-order valence-electron chi connectivity index (χ3n) is 2.85. The minimum Gasteiger partial charge on any atom is -0.386 e. The summed E-state index contributed by atoms with van der Waals surface area (Å²) in [6.07, 6.45) is -5.61. The van der Waals surface area contributed by atoms with Crippen LogP contribution in [0.2, 0.25) is 10.0 Å². The van der Waals surface area contributed by atoms with Crippen molar-refractivity contribution in [3.8, 4) is 0 Å². The molecule has 2 rings (SSSR count). The number of aromatic nitrogens is 1. The molecule has 0 aliphatic rings. The SMILES string of the molecule is OC(CNc1cccc(C(F)(F)F)n1)c1c(Cl)cccc1Cl. The van der Waals surface area contributed by atoms with E-state index in [2.05, 4.69) is 10.3 Å². The Kier molecular flexibility index (Phi) is 5.16. The summed E-state index contributed by atoms with van der Waals surface area (Å²) in [6, 6.07) is 8.22. The van der Waals surface area contributed by atoms with Gasteiger partial charge in [0, 0.05) is 22.2 Å². The van der Waals surface area contributed by atoms with Crippen molar-refractivity contribution in [2.75, 3.05) is 11.9 Å². The van der Waals surface area contributed by atoms with Gasteiger partial charge in [0.2, 0.25) is 0 Å². The quantitative estimate of drug-likeness (QED) is 0.849. The van der Waals surface area contributed by atoms with Crippen molar-refractivity contribution in [1.29, 1.82) is 0 Å². The Morgan fingerprint density at radius 2 is 1.68 bits per heavy atom. The zero-order valence-corrected chi connectivity index (χ0v) is 12.5. The fourth-order valence-electron chi connectivity index (χ4n) is 1.82. The summed E-state index contributed by atoms with van der Waals surface area (Å²) >= 11 is 11.9. The lowest BCUT2D eigenvalue weighted by atomic mass is 10.1. The van der Waals surface area contributed by atoms with Gasteiger partial charge in [-0.1, -0.05) is 35.3 Å². The third kappa shape index (κ3) is 4.03. The largest absolute Gasteiger partial charge is 0.433 e. The van der Waals surface area contributed by atoms with Crippen molar-refractivity contribution in [3.05, 3.63) is 57.7 Å². The average molecular weight is 351 g/mol. The smallest absolute Gasteiger partial charge is 0.386 e. The fourth-order valence-corrected chi connectivity index (χ4v) is 2.47. The average Bonchev–Trinajstić information content (AvgIpc) is 2.44. The number of halogens is 5. The zero-order chi connectivity index (χ0) is 16.3. The van der Waals surface area contributed by atoms with Crippen molar-refractivity contribution in [1.82, 2.24) is 4.98 Å². The number of benzene rings is 1. The normalized spacial score (nSPS) is 13.0. The Morgan fingerprint density at radius 3 is 2.27 bits per heavy atom. The van der Waals surface area contributed by atoms with Crippen molar-refractivity contribution in [2.24, 2.45) is 0 Å². The van der Waals surface area contributed by atoms with Crippen LogP contribution in [0, 0.1) is 0 Å². The number of aliphatic hydroxyl groups excluding tert-OH is 1. The molecule has 0 amide bonds. The van der Waals surface area contributed by atoms with E-state index in [-0.39, 0.29) is 22.4 Å². The summed E-state index contributed by atoms with van der Waals surface area (Å²) in [6.45, 7) is -0.0856. The van der Waals surface area contributed by atoms with Crippen LogP contribution in [-0.4, -0.2) is 16.6 Å². The van der Waals surface area contributed by atoms with E-state index in [1.165, 1.54) is 12.1 Å². The van der Waals surface area contributed by atoms with Gasteiger partial charge in [0.15, 0.2) is 0 Å². The standard InChI is InChI=1S/C14H11Cl2F3N2O/c15-8-3-1-4-9(16)13(8)10(22)7-20-12-6-2-5-11(21-12)14(17,18)19/h1-6,10,22H,7H2,(H,20,21). The number of pyridine rings is 1. The first-order valence-corrected chi connectivity index (χ1v) is 6.94. The second-order valence-electron chi connectivity index (χ2n) is 4.44. The van der Waals surface area contributed by atoms with Gasteiger partial charge in [0.25, 0.3) is 0 Å². The maximum atomic E-state index is 12.6. The summed E-state index contributed by atoms with van der Waals surface area (Å²) in [5.74, 6) is -0.00273. The van der Waals surface area contributed by atoms with Crippen LogP contribution in [-0.2, 0) is 6.18 Å². The lowest BCUT2D eigenvalue weighted by Crippen LogP contribution is -2.15. The molecule has 2 N–H and O–H groups in total. The number of alkyl halides is 3. The topological polar surface area (TPSA) is 45.1 Å². The number of nitrogens with zero attached hydrogens (tertiary/aromatic N) is 1. The molecule has 0 aliphatic carbocycles. The Balaban J connectivity index is 2.10. The Labute approximate surface area is 134 Å². The van der Waals surface area contributed by atoms with E-state index >= 15 is 0 Å². The molecule has 1 aromatic carbocycles. The second kappa shape index (κ2) is 6.73. The van der Waals surface area contributed by atoms with E-state index < -0.39 is 18.0 Å². The summed E-state index contributed by atoms with van der Waals surface area (Å²) < 4.78 is 37.7. The van der Waals surface area contributed by atoms with Crippen LogP contribution in [0.1, 0.15) is 17.4 Å². The van der Waals surface area contributed by atoms with Crippen molar-refractivity contribution in [3.63, 3.8) is 0 Å². The summed E-state index contributed by atoms with van der Waals surface area (Å²) in [7, 11) is 0. The second-order valence-corrected chi connectivity index (χ2v) is 5.25. The van der Waals surface area contributed by atoms with Crippen LogP contribution in [0.15, 0.2) is 36.4 Å². The fraction of sp³-hybridized carbons (Fsp3) is 0.214. The highest BCUT2D eigenvalue weighted by atomic mass is 35.5. The summed E-state index contributed by atoms with van der Waals surface area (Å²) in [4.78, 5) is 3.44. The van der Waals surface area contributed by atoms with Gasteiger partial charge in [-0.3, -0.25) is 0 Å². The van der Waals surface area contributed by atoms with E-state index in [0.29, 0.717) is 5.56 Å². The zero-order valence-electron chi connectivity index (χ0n) is 11.0. The first-order chi connectivity index (χ1) is 10.3. The molecule has 1 heterocycles. The highest BCUT2D eigenvalue weighted by molar-refractivity contribution is 6.36. The highest BCUT2D eigenvalue weighted by Gasteiger charge is 2.32. The molecule has 0 radical (unpaired) electrons. The lowest BCUT2D eigenvalue weighted by Gasteiger charge is -2.16. The number of hydrogen-bond acceptors (Lipinski definition) is 3. The Hall–Kier alpha value is -1.50. The van der Waals surface area contributed by atoms with Crippen molar-refractivity contribution in [2.45, 2.75) is 12.3 Å². The summed E-state index contributed by atoms with van der Waals surface area (Å²) in [5.41, 5.74) is -0.701. The Bertz CT molecular complexity index is 645. The number of nitrogens with one attached hydrogen (secondary N) is 1. The van der Waals surface area contributed by atoms with Gasteiger partial charge in [0.05, 0.1) is 6.10 Å². The predicted octanol–water partition coefficient (Wildman–Crippen LogP) is 4.55. The number of anilines is 1. The van der Waals surface area contributed by atoms with E-state index in [4.69, 9.17) is 23.2 Å². The molecule has 0 saturated heterocycles. The number of aliphatic hydroxyl groups is 1. The van der Waals surface area contributed by atoms with Gasteiger partial charge < -0.3 is 10.4 Å². The molecule has 8 heteroatoms. The van der Waals surface area contributed by atoms with E-state index in [0.717, 1.165) is 6.07 Å². The van der Waals surface area contributed by atoms with Crippen LogP contribution in [0.25, 0.3) is 0 Å². The van der Waals surface area contributed by atoms with Crippen LogP contribution < -0.4 is 5.32 Å². The molecular weight excluding hydrogens is 340 g/mol. The maximum absolute atomic E-state index is 12.6. The minimum absolute atomic E-state index is 0.00273. The van der Waals surface area contributed by atoms with Crippen LogP contribution >= 0.6 is 23.2 Å². The molecule has 1 unspecified atom stereocenters. The predicted molar refractivity (Wildman–Crippen MR) is 79.2 cm³/mol. The molecule has 0 bridgehead atoms. The first kappa shape index (κ1) is 16.9. The van der Waals surface area contributed by atoms with Crippen LogP contribution in [0.5, 0.6) is 0 Å². The van der Waals surface area contributed by atoms with E-state index in [1.54, 1.807) is 18.2 Å². The molecule has 2 aromatic rings. The maximum Gasteiger partial charge on any atom is 0.433 e. The monoisotopic (exact) mass is 350 g/mol. The summed E-state index contributed by atoms with van der Waals surface area (Å²) in [5, 5.41) is 13.3. The van der Waals surface area contributed by atoms with Crippen LogP contribution in [0.4, 0.5) is 19.0 Å². The van der Waals surface area contributed by atoms with Gasteiger partial charge in [-0.2, -0.15) is 13.2 Å². The molecule has 118 valence electrons. The molecule has 0 spiro atoms. The third-order valence-corrected chi connectivity index (χ3v) is 3.51. The number of rotatable bonds is 4. The van der Waals surface area contributed by atoms with Crippen molar-refractivity contribution >= 4 is 29.0 Å². The molecule has 0 saturated carbocycles. The molecule has 0 aliphatic heterocycles. The minimum atomic E-state index is -4.53. The lowest BCUT2D eigenvalue weighted by molar-refractivity contribution is -0.141. The van der Waals surface area contributed by atoms with Gasteiger partial charge in [0.1, 0.15) is 11.5 Å². The van der Waals surface area contributed by atoms with Gasteiger partial charge >= 0.3 is 6.18 Å². The molecule has 22 heavy (non-hydrogen) atoms. The van der Waals surface area contributed by atoms with Gasteiger partial charge in [-0.05, 0) is 24.3 Å². The number of hydrogen-bond donors (Lipinski definition) is 2.